The Kier molecular flexibility index (Phi) is 5.00. The van der Waals surface area contributed by atoms with Gasteiger partial charge in [-0.25, -0.2) is 9.67 Å². The van der Waals surface area contributed by atoms with E-state index in [1.165, 1.54) is 5.56 Å². The van der Waals surface area contributed by atoms with Crippen molar-refractivity contribution < 1.29 is 4.42 Å². The molecule has 0 fully saturated rings. The van der Waals surface area contributed by atoms with Crippen molar-refractivity contribution >= 4 is 22.7 Å². The first-order valence-corrected chi connectivity index (χ1v) is 9.88. The Morgan fingerprint density at radius 1 is 1.00 bits per heavy atom. The summed E-state index contributed by atoms with van der Waals surface area (Å²) in [6.07, 6.45) is 0. The van der Waals surface area contributed by atoms with E-state index in [4.69, 9.17) is 9.41 Å². The van der Waals surface area contributed by atoms with Gasteiger partial charge in [0, 0.05) is 10.9 Å². The van der Waals surface area contributed by atoms with Gasteiger partial charge in [-0.1, -0.05) is 54.6 Å². The second-order valence-electron chi connectivity index (χ2n) is 6.55. The van der Waals surface area contributed by atoms with Crippen LogP contribution in [-0.4, -0.2) is 4.68 Å². The number of benzene rings is 2. The van der Waals surface area contributed by atoms with Gasteiger partial charge in [0.05, 0.1) is 17.1 Å². The lowest BCUT2D eigenvalue weighted by Gasteiger charge is -2.13. The van der Waals surface area contributed by atoms with Gasteiger partial charge in [0.15, 0.2) is 5.76 Å². The van der Waals surface area contributed by atoms with Crippen molar-refractivity contribution in [3.8, 4) is 11.3 Å². The van der Waals surface area contributed by atoms with E-state index in [0.717, 1.165) is 27.5 Å². The Labute approximate surface area is 168 Å². The average Bonchev–Trinajstić information content (AvgIpc) is 3.30. The summed E-state index contributed by atoms with van der Waals surface area (Å²) in [6, 6.07) is 22.2. The van der Waals surface area contributed by atoms with Gasteiger partial charge in [-0.2, -0.15) is 0 Å². The molecule has 2 aromatic heterocycles. The molecule has 1 N–H and O–H groups in total. The van der Waals surface area contributed by atoms with E-state index in [1.54, 1.807) is 11.3 Å². The monoisotopic (exact) mass is 387 g/mol. The number of rotatable bonds is 5. The highest BCUT2D eigenvalue weighted by molar-refractivity contribution is 7.07. The molecule has 0 atom stereocenters. The third-order valence-corrected chi connectivity index (χ3v) is 5.15. The molecule has 140 valence electrons. The van der Waals surface area contributed by atoms with Crippen LogP contribution in [0, 0.1) is 13.8 Å². The average molecular weight is 388 g/mol. The highest BCUT2D eigenvalue weighted by Crippen LogP contribution is 2.22. The smallest absolute Gasteiger partial charge is 0.209 e. The SMILES string of the molecule is C=C(Nn1c(-c2ccc(C)cc2)csc1=Nc1ccccc1)c1ccc(C)o1. The molecule has 0 aliphatic heterocycles. The molecular weight excluding hydrogens is 366 g/mol. The molecule has 28 heavy (non-hydrogen) atoms. The van der Waals surface area contributed by atoms with Crippen LogP contribution in [0.4, 0.5) is 5.69 Å². The van der Waals surface area contributed by atoms with Gasteiger partial charge >= 0.3 is 0 Å². The zero-order chi connectivity index (χ0) is 19.5. The zero-order valence-electron chi connectivity index (χ0n) is 15.8. The van der Waals surface area contributed by atoms with Crippen molar-refractivity contribution in [3.63, 3.8) is 0 Å². The molecule has 4 aromatic rings. The minimum absolute atomic E-state index is 0.675. The molecule has 0 saturated heterocycles. The predicted molar refractivity (Wildman–Crippen MR) is 116 cm³/mol. The molecule has 0 aliphatic rings. The summed E-state index contributed by atoms with van der Waals surface area (Å²) in [5.41, 5.74) is 8.29. The predicted octanol–water partition coefficient (Wildman–Crippen LogP) is 5.87. The molecule has 2 aromatic carbocycles. The van der Waals surface area contributed by atoms with Crippen molar-refractivity contribution in [1.82, 2.24) is 4.68 Å². The van der Waals surface area contributed by atoms with E-state index in [1.807, 2.05) is 54.1 Å². The molecular formula is C23H21N3OS. The van der Waals surface area contributed by atoms with Gasteiger partial charge in [0.2, 0.25) is 4.80 Å². The topological polar surface area (TPSA) is 42.5 Å². The van der Waals surface area contributed by atoms with E-state index in [-0.39, 0.29) is 0 Å². The Morgan fingerprint density at radius 3 is 2.43 bits per heavy atom. The Balaban J connectivity index is 1.80. The largest absolute Gasteiger partial charge is 0.460 e. The number of nitrogens with zero attached hydrogens (tertiary/aromatic N) is 2. The van der Waals surface area contributed by atoms with Crippen LogP contribution in [0.3, 0.4) is 0 Å². The number of hydrogen-bond donors (Lipinski definition) is 1. The molecule has 2 heterocycles. The Hall–Kier alpha value is -3.31. The highest BCUT2D eigenvalue weighted by atomic mass is 32.1. The molecule has 4 nitrogen and oxygen atoms in total. The van der Waals surface area contributed by atoms with Crippen molar-refractivity contribution in [3.05, 3.63) is 101 Å². The van der Waals surface area contributed by atoms with E-state index >= 15 is 0 Å². The first-order chi connectivity index (χ1) is 13.6. The maximum absolute atomic E-state index is 5.71. The minimum Gasteiger partial charge on any atom is -0.460 e. The fourth-order valence-electron chi connectivity index (χ4n) is 2.82. The van der Waals surface area contributed by atoms with Crippen LogP contribution >= 0.6 is 11.3 Å². The first-order valence-electron chi connectivity index (χ1n) is 9.00. The lowest BCUT2D eigenvalue weighted by Crippen LogP contribution is -2.25. The lowest BCUT2D eigenvalue weighted by atomic mass is 10.1. The number of nitrogens with one attached hydrogen (secondary N) is 1. The molecule has 0 saturated carbocycles. The van der Waals surface area contributed by atoms with Crippen molar-refractivity contribution in [2.24, 2.45) is 4.99 Å². The van der Waals surface area contributed by atoms with Crippen LogP contribution < -0.4 is 10.2 Å². The molecule has 0 aliphatic carbocycles. The molecule has 0 bridgehead atoms. The molecule has 0 unspecified atom stereocenters. The van der Waals surface area contributed by atoms with Crippen LogP contribution in [0.5, 0.6) is 0 Å². The zero-order valence-corrected chi connectivity index (χ0v) is 16.7. The number of thiazole rings is 1. The van der Waals surface area contributed by atoms with Crippen LogP contribution in [0.15, 0.2) is 88.1 Å². The normalized spacial score (nSPS) is 11.6. The van der Waals surface area contributed by atoms with Crippen molar-refractivity contribution in [2.45, 2.75) is 13.8 Å². The number of furan rings is 1. The molecule has 0 radical (unpaired) electrons. The fraction of sp³-hybridized carbons (Fsp3) is 0.0870. The molecule has 0 amide bonds. The van der Waals surface area contributed by atoms with E-state index < -0.39 is 0 Å². The van der Waals surface area contributed by atoms with Crippen LogP contribution in [0.25, 0.3) is 17.0 Å². The lowest BCUT2D eigenvalue weighted by molar-refractivity contribution is 0.520. The quantitative estimate of drug-likeness (QED) is 0.465. The maximum Gasteiger partial charge on any atom is 0.209 e. The number of para-hydroxylation sites is 1. The standard InChI is InChI=1S/C23H21N3OS/c1-16-9-12-19(13-10-16)21-15-28-23(24-20-7-5-4-6-8-20)26(21)25-18(3)22-14-11-17(2)27-22/h4-15,25H,3H2,1-2H3. The minimum atomic E-state index is 0.675. The van der Waals surface area contributed by atoms with Crippen LogP contribution in [0.1, 0.15) is 17.1 Å². The Bertz CT molecular complexity index is 1160. The van der Waals surface area contributed by atoms with Gasteiger partial charge in [0.25, 0.3) is 0 Å². The summed E-state index contributed by atoms with van der Waals surface area (Å²) in [5.74, 6) is 1.55. The summed E-state index contributed by atoms with van der Waals surface area (Å²) in [4.78, 5) is 5.63. The van der Waals surface area contributed by atoms with Crippen LogP contribution in [0.2, 0.25) is 0 Å². The first kappa shape index (κ1) is 18.1. The van der Waals surface area contributed by atoms with Gasteiger partial charge in [-0.15, -0.1) is 11.3 Å². The second kappa shape index (κ2) is 7.74. The molecule has 5 heteroatoms. The van der Waals surface area contributed by atoms with Gasteiger partial charge in [0.1, 0.15) is 5.76 Å². The van der Waals surface area contributed by atoms with Gasteiger partial charge in [-0.05, 0) is 38.1 Å². The summed E-state index contributed by atoms with van der Waals surface area (Å²) >= 11 is 1.57. The van der Waals surface area contributed by atoms with Crippen molar-refractivity contribution in [2.75, 3.05) is 5.43 Å². The molecule has 0 spiro atoms. The highest BCUT2D eigenvalue weighted by Gasteiger charge is 2.11. The van der Waals surface area contributed by atoms with E-state index in [9.17, 15) is 0 Å². The fourth-order valence-corrected chi connectivity index (χ4v) is 3.69. The van der Waals surface area contributed by atoms with E-state index in [0.29, 0.717) is 11.5 Å². The second-order valence-corrected chi connectivity index (χ2v) is 7.39. The number of hydrogen-bond acceptors (Lipinski definition) is 4. The summed E-state index contributed by atoms with van der Waals surface area (Å²) < 4.78 is 7.67. The maximum atomic E-state index is 5.71. The van der Waals surface area contributed by atoms with Gasteiger partial charge < -0.3 is 4.42 Å². The van der Waals surface area contributed by atoms with Gasteiger partial charge in [-0.3, -0.25) is 5.43 Å². The summed E-state index contributed by atoms with van der Waals surface area (Å²) in [7, 11) is 0. The van der Waals surface area contributed by atoms with Crippen LogP contribution in [-0.2, 0) is 0 Å². The number of aromatic nitrogens is 1. The third-order valence-electron chi connectivity index (χ3n) is 4.32. The summed E-state index contributed by atoms with van der Waals surface area (Å²) in [5, 5.41) is 2.10. The van der Waals surface area contributed by atoms with Crippen molar-refractivity contribution in [1.29, 1.82) is 0 Å². The third kappa shape index (κ3) is 3.85. The number of aryl methyl sites for hydroxylation is 2. The summed E-state index contributed by atoms with van der Waals surface area (Å²) in [6.45, 7) is 8.15. The van der Waals surface area contributed by atoms with E-state index in [2.05, 4.69) is 48.6 Å². The molecule has 4 rings (SSSR count). The Morgan fingerprint density at radius 2 is 1.75 bits per heavy atom.